The Morgan fingerprint density at radius 1 is 1.11 bits per heavy atom. The molecule has 1 aliphatic rings. The van der Waals surface area contributed by atoms with E-state index in [0.29, 0.717) is 45.9 Å². The van der Waals surface area contributed by atoms with Gasteiger partial charge in [0.2, 0.25) is 5.91 Å². The minimum atomic E-state index is -0.239. The van der Waals surface area contributed by atoms with Crippen molar-refractivity contribution in [3.8, 4) is 11.4 Å². The summed E-state index contributed by atoms with van der Waals surface area (Å²) in [6.07, 6.45) is 3.44. The van der Waals surface area contributed by atoms with Crippen LogP contribution in [0.1, 0.15) is 22.3 Å². The number of likely N-dealkylation sites (N-methyl/N-ethyl adjacent to an activating group) is 1. The van der Waals surface area contributed by atoms with Crippen molar-refractivity contribution < 1.29 is 9.59 Å². The van der Waals surface area contributed by atoms with E-state index in [0.717, 1.165) is 5.69 Å². The molecule has 1 aliphatic heterocycles. The van der Waals surface area contributed by atoms with E-state index in [4.69, 9.17) is 11.6 Å². The molecule has 0 unspecified atom stereocenters. The van der Waals surface area contributed by atoms with Gasteiger partial charge in [0.25, 0.3) is 11.5 Å². The number of halogens is 1. The fourth-order valence-electron chi connectivity index (χ4n) is 4.19. The van der Waals surface area contributed by atoms with Gasteiger partial charge in [0, 0.05) is 31.9 Å². The summed E-state index contributed by atoms with van der Waals surface area (Å²) in [4.78, 5) is 41.8. The van der Waals surface area contributed by atoms with Crippen molar-refractivity contribution in [3.63, 3.8) is 0 Å². The van der Waals surface area contributed by atoms with Crippen molar-refractivity contribution in [2.45, 2.75) is 13.5 Å². The molecule has 0 radical (unpaired) electrons. The number of piperazine rings is 1. The standard InChI is InChI=1S/C25H24ClN7O3S/c1-2-30-11-12-31(16-24(30)35)20-13-18(32-10-4-3-5-23(32)34)6-7-19(20)33-15-17(28-29-33)14-27-25(36)21-8-9-22(26)37-21/h3-10,13,15H,2,11-12,14,16H2,1H3,(H,27,36). The lowest BCUT2D eigenvalue weighted by atomic mass is 10.1. The van der Waals surface area contributed by atoms with Gasteiger partial charge >= 0.3 is 0 Å². The Hall–Kier alpha value is -3.96. The van der Waals surface area contributed by atoms with Gasteiger partial charge in [-0.05, 0) is 43.3 Å². The number of carbonyl (C=O) groups is 2. The normalized spacial score (nSPS) is 13.7. The average Bonchev–Trinajstić information content (AvgIpc) is 3.56. The molecule has 0 spiro atoms. The highest BCUT2D eigenvalue weighted by Gasteiger charge is 2.25. The molecular weight excluding hydrogens is 514 g/mol. The van der Waals surface area contributed by atoms with Gasteiger partial charge in [0.1, 0.15) is 5.69 Å². The first kappa shape index (κ1) is 24.7. The maximum atomic E-state index is 12.7. The van der Waals surface area contributed by atoms with Gasteiger partial charge in [-0.1, -0.05) is 22.9 Å². The summed E-state index contributed by atoms with van der Waals surface area (Å²) in [6.45, 7) is 4.27. The van der Waals surface area contributed by atoms with Gasteiger partial charge in [0.15, 0.2) is 0 Å². The van der Waals surface area contributed by atoms with Crippen LogP contribution in [0.2, 0.25) is 4.34 Å². The lowest BCUT2D eigenvalue weighted by molar-refractivity contribution is -0.130. The number of nitrogens with zero attached hydrogens (tertiary/aromatic N) is 6. The summed E-state index contributed by atoms with van der Waals surface area (Å²) in [5.74, 6) is -0.199. The largest absolute Gasteiger partial charge is 0.359 e. The quantitative estimate of drug-likeness (QED) is 0.388. The zero-order chi connectivity index (χ0) is 25.9. The van der Waals surface area contributed by atoms with Crippen molar-refractivity contribution in [2.75, 3.05) is 31.1 Å². The van der Waals surface area contributed by atoms with Crippen LogP contribution in [0, 0.1) is 0 Å². The number of thiophene rings is 1. The molecule has 12 heteroatoms. The molecule has 37 heavy (non-hydrogen) atoms. The van der Waals surface area contributed by atoms with Gasteiger partial charge in [-0.3, -0.25) is 19.0 Å². The van der Waals surface area contributed by atoms with Crippen LogP contribution in [-0.4, -0.2) is 62.5 Å². The molecule has 1 fully saturated rings. The van der Waals surface area contributed by atoms with Crippen LogP contribution in [-0.2, 0) is 11.3 Å². The maximum absolute atomic E-state index is 12.7. The predicted molar refractivity (Wildman–Crippen MR) is 142 cm³/mol. The summed E-state index contributed by atoms with van der Waals surface area (Å²) in [6, 6.07) is 13.9. The Balaban J connectivity index is 1.44. The Labute approximate surface area is 221 Å². The van der Waals surface area contributed by atoms with Gasteiger partial charge in [-0.2, -0.15) is 0 Å². The van der Waals surface area contributed by atoms with Crippen LogP contribution >= 0.6 is 22.9 Å². The van der Waals surface area contributed by atoms with Crippen molar-refractivity contribution in [3.05, 3.63) is 86.2 Å². The Bertz CT molecular complexity index is 1510. The first-order valence-corrected chi connectivity index (χ1v) is 12.9. The number of aromatic nitrogens is 4. The number of carbonyl (C=O) groups excluding carboxylic acids is 2. The van der Waals surface area contributed by atoms with Crippen molar-refractivity contribution in [1.82, 2.24) is 29.8 Å². The van der Waals surface area contributed by atoms with E-state index in [1.165, 1.54) is 17.4 Å². The van der Waals surface area contributed by atoms with Gasteiger partial charge in [0.05, 0.1) is 45.6 Å². The molecule has 2 amide bonds. The second-order valence-electron chi connectivity index (χ2n) is 8.42. The average molecular weight is 538 g/mol. The molecule has 5 rings (SSSR count). The molecule has 0 atom stereocenters. The molecule has 0 bridgehead atoms. The van der Waals surface area contributed by atoms with Crippen LogP contribution in [0.25, 0.3) is 11.4 Å². The number of anilines is 1. The fraction of sp³-hybridized carbons (Fsp3) is 0.240. The molecule has 1 saturated heterocycles. The number of benzene rings is 1. The van der Waals surface area contributed by atoms with E-state index in [1.807, 2.05) is 34.9 Å². The highest BCUT2D eigenvalue weighted by atomic mass is 35.5. The minimum absolute atomic E-state index is 0.0395. The van der Waals surface area contributed by atoms with Gasteiger partial charge in [-0.25, -0.2) is 4.68 Å². The zero-order valence-electron chi connectivity index (χ0n) is 20.0. The van der Waals surface area contributed by atoms with Gasteiger partial charge < -0.3 is 15.1 Å². The summed E-state index contributed by atoms with van der Waals surface area (Å²) in [7, 11) is 0. The highest BCUT2D eigenvalue weighted by molar-refractivity contribution is 7.18. The molecule has 3 aromatic heterocycles. The lowest BCUT2D eigenvalue weighted by Gasteiger charge is -2.36. The number of rotatable bonds is 7. The van der Waals surface area contributed by atoms with Crippen molar-refractivity contribution in [2.24, 2.45) is 0 Å². The van der Waals surface area contributed by atoms with Gasteiger partial charge in [-0.15, -0.1) is 16.4 Å². The molecule has 1 aromatic carbocycles. The first-order chi connectivity index (χ1) is 17.9. The van der Waals surface area contributed by atoms with E-state index in [-0.39, 0.29) is 30.5 Å². The third kappa shape index (κ3) is 5.27. The van der Waals surface area contributed by atoms with Crippen LogP contribution in [0.15, 0.2) is 65.7 Å². The summed E-state index contributed by atoms with van der Waals surface area (Å²) in [5, 5.41) is 11.3. The number of pyridine rings is 1. The third-order valence-electron chi connectivity index (χ3n) is 6.12. The lowest BCUT2D eigenvalue weighted by Crippen LogP contribution is -2.50. The van der Waals surface area contributed by atoms with E-state index in [9.17, 15) is 14.4 Å². The topological polar surface area (TPSA) is 105 Å². The molecular formula is C25H24ClN7O3S. The number of amides is 2. The maximum Gasteiger partial charge on any atom is 0.261 e. The molecule has 4 heterocycles. The molecule has 0 aliphatic carbocycles. The van der Waals surface area contributed by atoms with E-state index < -0.39 is 0 Å². The highest BCUT2D eigenvalue weighted by Crippen LogP contribution is 2.28. The number of hydrogen-bond donors (Lipinski definition) is 1. The molecule has 190 valence electrons. The van der Waals surface area contributed by atoms with Crippen LogP contribution < -0.4 is 15.8 Å². The van der Waals surface area contributed by atoms with Crippen LogP contribution in [0.4, 0.5) is 5.69 Å². The smallest absolute Gasteiger partial charge is 0.261 e. The minimum Gasteiger partial charge on any atom is -0.359 e. The molecule has 1 N–H and O–H groups in total. The van der Waals surface area contributed by atoms with E-state index in [2.05, 4.69) is 15.6 Å². The molecule has 10 nitrogen and oxygen atoms in total. The first-order valence-electron chi connectivity index (χ1n) is 11.7. The van der Waals surface area contributed by atoms with E-state index >= 15 is 0 Å². The molecule has 4 aromatic rings. The number of hydrogen-bond acceptors (Lipinski definition) is 7. The summed E-state index contributed by atoms with van der Waals surface area (Å²) in [5.41, 5.74) is 2.56. The second kappa shape index (κ2) is 10.6. The van der Waals surface area contributed by atoms with Crippen LogP contribution in [0.3, 0.4) is 0 Å². The Morgan fingerprint density at radius 2 is 1.97 bits per heavy atom. The molecule has 0 saturated carbocycles. The van der Waals surface area contributed by atoms with Crippen molar-refractivity contribution >= 4 is 40.4 Å². The van der Waals surface area contributed by atoms with E-state index in [1.54, 1.807) is 45.9 Å². The SMILES string of the molecule is CCN1CCN(c2cc(-n3ccccc3=O)ccc2-n2cc(CNC(=O)c3ccc(Cl)s3)nn2)CC1=O. The zero-order valence-corrected chi connectivity index (χ0v) is 21.6. The summed E-state index contributed by atoms with van der Waals surface area (Å²) < 4.78 is 3.71. The summed E-state index contributed by atoms with van der Waals surface area (Å²) >= 11 is 7.13. The monoisotopic (exact) mass is 537 g/mol. The van der Waals surface area contributed by atoms with Crippen LogP contribution in [0.5, 0.6) is 0 Å². The predicted octanol–water partition coefficient (Wildman–Crippen LogP) is 2.73. The third-order valence-corrected chi connectivity index (χ3v) is 7.35. The number of nitrogens with one attached hydrogen (secondary N) is 1. The Morgan fingerprint density at radius 3 is 2.70 bits per heavy atom. The Kier molecular flexibility index (Phi) is 7.06. The van der Waals surface area contributed by atoms with Crippen molar-refractivity contribution in [1.29, 1.82) is 0 Å². The fourth-order valence-corrected chi connectivity index (χ4v) is 5.15. The second-order valence-corrected chi connectivity index (χ2v) is 10.1.